The summed E-state index contributed by atoms with van der Waals surface area (Å²) < 4.78 is 0. The fraction of sp³-hybridized carbons (Fsp3) is 0.387. The van der Waals surface area contributed by atoms with Gasteiger partial charge in [-0.15, -0.1) is 16.4 Å². The number of carbonyl (C=O) groups is 2. The van der Waals surface area contributed by atoms with E-state index in [1.165, 1.54) is 29.0 Å². The van der Waals surface area contributed by atoms with E-state index in [9.17, 15) is 9.59 Å². The number of anilines is 2. The Bertz CT molecular complexity index is 1620. The highest BCUT2D eigenvalue weighted by Crippen LogP contribution is 2.27. The molecule has 12 heteroatoms. The molecule has 2 amide bonds. The maximum absolute atomic E-state index is 12.9. The summed E-state index contributed by atoms with van der Waals surface area (Å²) in [4.78, 5) is 47.1. The van der Waals surface area contributed by atoms with Gasteiger partial charge in [0.1, 0.15) is 0 Å². The number of nitrogens with one attached hydrogen (secondary N) is 2. The predicted molar refractivity (Wildman–Crippen MR) is 168 cm³/mol. The Morgan fingerprint density at radius 3 is 2.72 bits per heavy atom. The van der Waals surface area contributed by atoms with E-state index in [2.05, 4.69) is 37.6 Å². The summed E-state index contributed by atoms with van der Waals surface area (Å²) in [6.45, 7) is 6.04. The molecule has 2 aliphatic rings. The first-order valence-electron chi connectivity index (χ1n) is 14.6. The number of fused-ring (bicyclic) bond motifs is 1. The van der Waals surface area contributed by atoms with Crippen molar-refractivity contribution < 1.29 is 14.4 Å². The smallest absolute Gasteiger partial charge is 0.257 e. The first kappa shape index (κ1) is 28.8. The molecule has 6 rings (SSSR count). The molecule has 1 aliphatic heterocycles. The van der Waals surface area contributed by atoms with E-state index in [-0.39, 0.29) is 17.9 Å². The van der Waals surface area contributed by atoms with Gasteiger partial charge in [-0.05, 0) is 83.0 Å². The van der Waals surface area contributed by atoms with Crippen molar-refractivity contribution in [3.8, 4) is 5.75 Å². The first-order chi connectivity index (χ1) is 20.8. The summed E-state index contributed by atoms with van der Waals surface area (Å²) in [6.07, 6.45) is 9.71. The van der Waals surface area contributed by atoms with Crippen molar-refractivity contribution in [1.29, 1.82) is 0 Å². The highest BCUT2D eigenvalue weighted by atomic mass is 32.1. The number of rotatable bonds is 10. The molecule has 1 saturated carbocycles. The highest BCUT2D eigenvalue weighted by molar-refractivity contribution is 7.15. The van der Waals surface area contributed by atoms with Crippen molar-refractivity contribution in [2.75, 3.05) is 37.3 Å². The second-order valence-corrected chi connectivity index (χ2v) is 12.4. The third-order valence-electron chi connectivity index (χ3n) is 7.87. The second kappa shape index (κ2) is 12.5. The van der Waals surface area contributed by atoms with Crippen molar-refractivity contribution in [1.82, 2.24) is 29.7 Å². The number of likely N-dealkylation sites (N-methyl/N-ethyl adjacent to an activating group) is 1. The standard InChI is InChI=1S/C31H36N8O3S/c1-20-21(2)43-31(33-20)35-30(41)22-10-14-25(15-11-22)42-39-29-26(8-4-16-32-29)28(36-39)34-23-7-5-18-38(19-23)27(40)9-6-17-37(3)24-12-13-24/h4,6,8-11,14-16,23-24H,5,7,12-13,17-19H2,1-3H3,(H,34,36)(H,33,35,41)/t23-/m1/s1. The van der Waals surface area contributed by atoms with Crippen LogP contribution in [0.5, 0.6) is 5.75 Å². The molecule has 1 aromatic carbocycles. The normalized spacial score (nSPS) is 17.1. The third-order valence-corrected chi connectivity index (χ3v) is 8.86. The van der Waals surface area contributed by atoms with E-state index < -0.39 is 0 Å². The molecule has 2 N–H and O–H groups in total. The number of nitrogens with zero attached hydrogens (tertiary/aromatic N) is 6. The average Bonchev–Trinajstić information content (AvgIpc) is 3.75. The van der Waals surface area contributed by atoms with Gasteiger partial charge in [-0.1, -0.05) is 10.9 Å². The first-order valence-corrected chi connectivity index (χ1v) is 15.5. The minimum Gasteiger partial charge on any atom is -0.363 e. The van der Waals surface area contributed by atoms with Gasteiger partial charge in [-0.25, -0.2) is 9.97 Å². The van der Waals surface area contributed by atoms with Crippen LogP contribution in [0.3, 0.4) is 0 Å². The zero-order valence-electron chi connectivity index (χ0n) is 24.6. The van der Waals surface area contributed by atoms with Gasteiger partial charge in [0.2, 0.25) is 11.6 Å². The van der Waals surface area contributed by atoms with E-state index in [0.29, 0.717) is 40.5 Å². The Morgan fingerprint density at radius 1 is 1.16 bits per heavy atom. The van der Waals surface area contributed by atoms with E-state index >= 15 is 0 Å². The lowest BCUT2D eigenvalue weighted by Gasteiger charge is -2.32. The predicted octanol–water partition coefficient (Wildman–Crippen LogP) is 4.65. The van der Waals surface area contributed by atoms with Gasteiger partial charge in [-0.2, -0.15) is 0 Å². The van der Waals surface area contributed by atoms with E-state index in [4.69, 9.17) is 4.84 Å². The van der Waals surface area contributed by atoms with Crippen LogP contribution < -0.4 is 15.5 Å². The monoisotopic (exact) mass is 600 g/mol. The average molecular weight is 601 g/mol. The number of benzene rings is 1. The molecule has 224 valence electrons. The topological polar surface area (TPSA) is 118 Å². The number of thiazole rings is 1. The lowest BCUT2D eigenvalue weighted by Crippen LogP contribution is -2.44. The summed E-state index contributed by atoms with van der Waals surface area (Å²) in [5.74, 6) is 0.964. The Morgan fingerprint density at radius 2 is 1.98 bits per heavy atom. The molecule has 1 saturated heterocycles. The minimum absolute atomic E-state index is 0.0464. The molecule has 1 atom stereocenters. The van der Waals surface area contributed by atoms with Crippen LogP contribution in [-0.4, -0.2) is 80.3 Å². The molecule has 43 heavy (non-hydrogen) atoms. The van der Waals surface area contributed by atoms with Crippen molar-refractivity contribution in [3.63, 3.8) is 0 Å². The SMILES string of the molecule is Cc1nc(NC(=O)c2ccc(On3nc(N[C@@H]4CCCN(C(=O)C=CCN(C)C5CC5)C4)c4cccnc43)cc2)sc1C. The number of aromatic nitrogens is 4. The molecular formula is C31H36N8O3S. The minimum atomic E-state index is -0.237. The fourth-order valence-electron chi connectivity index (χ4n) is 5.14. The van der Waals surface area contributed by atoms with E-state index in [0.717, 1.165) is 41.9 Å². The number of carbonyl (C=O) groups excluding carboxylic acids is 2. The summed E-state index contributed by atoms with van der Waals surface area (Å²) in [7, 11) is 2.11. The van der Waals surface area contributed by atoms with Crippen molar-refractivity contribution in [2.45, 2.75) is 51.6 Å². The summed E-state index contributed by atoms with van der Waals surface area (Å²) >= 11 is 1.45. The summed E-state index contributed by atoms with van der Waals surface area (Å²) in [5, 5.41) is 12.4. The van der Waals surface area contributed by atoms with Crippen LogP contribution in [0.2, 0.25) is 0 Å². The van der Waals surface area contributed by atoms with Gasteiger partial charge in [0, 0.05) is 54.4 Å². The van der Waals surface area contributed by atoms with Gasteiger partial charge in [0.25, 0.3) is 5.91 Å². The molecular weight excluding hydrogens is 564 g/mol. The fourth-order valence-corrected chi connectivity index (χ4v) is 5.95. The molecule has 2 fully saturated rings. The molecule has 0 radical (unpaired) electrons. The van der Waals surface area contributed by atoms with E-state index in [1.54, 1.807) is 36.5 Å². The van der Waals surface area contributed by atoms with E-state index in [1.807, 2.05) is 37.0 Å². The van der Waals surface area contributed by atoms with Gasteiger partial charge >= 0.3 is 0 Å². The van der Waals surface area contributed by atoms with Crippen molar-refractivity contribution in [3.05, 3.63) is 70.9 Å². The molecule has 0 unspecified atom stereocenters. The van der Waals surface area contributed by atoms with Crippen molar-refractivity contribution in [2.24, 2.45) is 0 Å². The molecule has 4 heterocycles. The summed E-state index contributed by atoms with van der Waals surface area (Å²) in [6, 6.07) is 11.4. The molecule has 0 bridgehead atoms. The van der Waals surface area contributed by atoms with Crippen LogP contribution in [0, 0.1) is 13.8 Å². The largest absolute Gasteiger partial charge is 0.363 e. The number of likely N-dealkylation sites (tertiary alicyclic amines) is 1. The Hall–Kier alpha value is -4.29. The van der Waals surface area contributed by atoms with Crippen molar-refractivity contribution >= 4 is 45.1 Å². The lowest BCUT2D eigenvalue weighted by molar-refractivity contribution is -0.127. The molecule has 0 spiro atoms. The highest BCUT2D eigenvalue weighted by Gasteiger charge is 2.26. The van der Waals surface area contributed by atoms with Crippen LogP contribution in [-0.2, 0) is 4.79 Å². The Labute approximate surface area is 254 Å². The van der Waals surface area contributed by atoms with Crippen LogP contribution in [0.15, 0.2) is 54.7 Å². The van der Waals surface area contributed by atoms with Gasteiger partial charge in [-0.3, -0.25) is 19.8 Å². The molecule has 1 aliphatic carbocycles. The van der Waals surface area contributed by atoms with Gasteiger partial charge < -0.3 is 15.1 Å². The van der Waals surface area contributed by atoms with Crippen LogP contribution in [0.4, 0.5) is 10.9 Å². The zero-order chi connectivity index (χ0) is 29.9. The zero-order valence-corrected chi connectivity index (χ0v) is 25.4. The Balaban J connectivity index is 1.10. The number of pyridine rings is 1. The second-order valence-electron chi connectivity index (χ2n) is 11.2. The molecule has 4 aromatic rings. The van der Waals surface area contributed by atoms with Gasteiger partial charge in [0.15, 0.2) is 16.7 Å². The molecule has 11 nitrogen and oxygen atoms in total. The third kappa shape index (κ3) is 6.86. The quantitative estimate of drug-likeness (QED) is 0.253. The number of aryl methyl sites for hydroxylation is 2. The summed E-state index contributed by atoms with van der Waals surface area (Å²) in [5.41, 5.74) is 1.96. The maximum Gasteiger partial charge on any atom is 0.257 e. The number of hydrogen-bond acceptors (Lipinski definition) is 9. The Kier molecular flexibility index (Phi) is 8.39. The number of amides is 2. The lowest BCUT2D eigenvalue weighted by atomic mass is 10.1. The molecule has 3 aromatic heterocycles. The van der Waals surface area contributed by atoms with Crippen LogP contribution >= 0.6 is 11.3 Å². The maximum atomic E-state index is 12.9. The van der Waals surface area contributed by atoms with Gasteiger partial charge in [0.05, 0.1) is 11.1 Å². The van der Waals surface area contributed by atoms with Crippen LogP contribution in [0.1, 0.15) is 46.6 Å². The van der Waals surface area contributed by atoms with Crippen LogP contribution in [0.25, 0.3) is 11.0 Å². The number of piperidine rings is 1. The number of hydrogen-bond donors (Lipinski definition) is 2.